The summed E-state index contributed by atoms with van der Waals surface area (Å²) < 4.78 is 7.69. The van der Waals surface area contributed by atoms with Crippen molar-refractivity contribution < 1.29 is 19.1 Å². The Morgan fingerprint density at radius 2 is 1.73 bits per heavy atom. The second-order valence-corrected chi connectivity index (χ2v) is 13.3. The van der Waals surface area contributed by atoms with E-state index in [1.807, 2.05) is 32.9 Å². The molecule has 1 aliphatic carbocycles. The molecule has 44 heavy (non-hydrogen) atoms. The van der Waals surface area contributed by atoms with E-state index in [0.717, 1.165) is 43.1 Å². The van der Waals surface area contributed by atoms with Crippen molar-refractivity contribution in [1.29, 1.82) is 0 Å². The predicted molar refractivity (Wildman–Crippen MR) is 167 cm³/mol. The van der Waals surface area contributed by atoms with Gasteiger partial charge in [-0.1, -0.05) is 25.7 Å². The lowest BCUT2D eigenvalue weighted by Crippen LogP contribution is -2.59. The van der Waals surface area contributed by atoms with Crippen LogP contribution in [0.25, 0.3) is 11.0 Å². The fourth-order valence-corrected chi connectivity index (χ4v) is 6.69. The molecule has 5 heterocycles. The summed E-state index contributed by atoms with van der Waals surface area (Å²) >= 11 is 0. The van der Waals surface area contributed by atoms with E-state index < -0.39 is 17.7 Å². The third-order valence-electron chi connectivity index (χ3n) is 8.74. The zero-order valence-corrected chi connectivity index (χ0v) is 26.2. The standard InChI is InChI=1S/C32H42N8O4/c1-32(2,3)44-31(43)40-23-12-14-24(40)29(42)38(19-23)22-13-15-26(33-18-22)35-30-34-17-20-16-25(28(41)37(4)5)39(27(20)36-30)21-10-8-6-7-9-11-21/h13,15-18,21,23-24H,6-12,14,19H2,1-5H3,(H,33,34,35,36). The van der Waals surface area contributed by atoms with Crippen LogP contribution in [0.15, 0.2) is 30.6 Å². The zero-order valence-electron chi connectivity index (χ0n) is 26.2. The van der Waals surface area contributed by atoms with Gasteiger partial charge in [-0.25, -0.2) is 14.8 Å². The first-order valence-corrected chi connectivity index (χ1v) is 15.7. The van der Waals surface area contributed by atoms with Gasteiger partial charge in [0.2, 0.25) is 11.9 Å². The second kappa shape index (κ2) is 11.7. The van der Waals surface area contributed by atoms with E-state index in [1.165, 1.54) is 12.8 Å². The maximum absolute atomic E-state index is 13.4. The highest BCUT2D eigenvalue weighted by molar-refractivity contribution is 6.01. The van der Waals surface area contributed by atoms with Gasteiger partial charge in [-0.15, -0.1) is 0 Å². The maximum Gasteiger partial charge on any atom is 0.411 e. The van der Waals surface area contributed by atoms with Crippen LogP contribution >= 0.6 is 0 Å². The van der Waals surface area contributed by atoms with E-state index in [1.54, 1.807) is 47.3 Å². The number of amides is 3. The molecule has 3 aromatic heterocycles. The zero-order chi connectivity index (χ0) is 31.2. The van der Waals surface area contributed by atoms with Crippen molar-refractivity contribution in [3.63, 3.8) is 0 Å². The van der Waals surface area contributed by atoms with E-state index in [9.17, 15) is 14.4 Å². The van der Waals surface area contributed by atoms with Crippen LogP contribution < -0.4 is 10.2 Å². The highest BCUT2D eigenvalue weighted by atomic mass is 16.6. The molecule has 3 fully saturated rings. The van der Waals surface area contributed by atoms with E-state index in [4.69, 9.17) is 9.72 Å². The Hall–Kier alpha value is -4.22. The molecule has 3 aliphatic rings. The van der Waals surface area contributed by atoms with Gasteiger partial charge in [0.1, 0.15) is 28.8 Å². The number of aromatic nitrogens is 4. The van der Waals surface area contributed by atoms with Crippen LogP contribution in [0.3, 0.4) is 0 Å². The first kappa shape index (κ1) is 29.8. The molecular weight excluding hydrogens is 560 g/mol. The molecule has 0 aromatic carbocycles. The number of rotatable bonds is 5. The highest BCUT2D eigenvalue weighted by Crippen LogP contribution is 2.36. The molecule has 2 atom stereocenters. The van der Waals surface area contributed by atoms with Crippen LogP contribution in [0.4, 0.5) is 22.2 Å². The first-order chi connectivity index (χ1) is 21.0. The average molecular weight is 603 g/mol. The normalized spacial score (nSPS) is 21.0. The van der Waals surface area contributed by atoms with Gasteiger partial charge >= 0.3 is 6.09 Å². The number of hydrogen-bond donors (Lipinski definition) is 1. The number of nitrogens with one attached hydrogen (secondary N) is 1. The van der Waals surface area contributed by atoms with Crippen molar-refractivity contribution in [3.8, 4) is 0 Å². The molecule has 2 aliphatic heterocycles. The summed E-state index contributed by atoms with van der Waals surface area (Å²) in [6.07, 6.45) is 11.1. The number of carbonyl (C=O) groups excluding carboxylic acids is 3. The minimum atomic E-state index is -0.623. The largest absolute Gasteiger partial charge is 0.444 e. The number of ether oxygens (including phenoxy) is 1. The Bertz CT molecular complexity index is 1550. The van der Waals surface area contributed by atoms with Gasteiger partial charge in [-0.2, -0.15) is 4.98 Å². The number of piperazine rings is 1. The quantitative estimate of drug-likeness (QED) is 0.391. The van der Waals surface area contributed by atoms with Crippen LogP contribution in [0, 0.1) is 0 Å². The fraction of sp³-hybridized carbons (Fsp3) is 0.562. The van der Waals surface area contributed by atoms with Crippen LogP contribution in [-0.2, 0) is 9.53 Å². The van der Waals surface area contributed by atoms with Crippen molar-refractivity contribution in [2.45, 2.75) is 95.9 Å². The third kappa shape index (κ3) is 5.81. The van der Waals surface area contributed by atoms with Gasteiger partial charge in [-0.05, 0) is 64.7 Å². The molecule has 2 bridgehead atoms. The van der Waals surface area contributed by atoms with Crippen molar-refractivity contribution in [2.24, 2.45) is 0 Å². The fourth-order valence-electron chi connectivity index (χ4n) is 6.69. The highest BCUT2D eigenvalue weighted by Gasteiger charge is 2.49. The molecule has 12 heteroatoms. The van der Waals surface area contributed by atoms with Crippen LogP contribution in [0.5, 0.6) is 0 Å². The Labute approximate surface area is 257 Å². The van der Waals surface area contributed by atoms with E-state index in [0.29, 0.717) is 36.1 Å². The van der Waals surface area contributed by atoms with Crippen molar-refractivity contribution in [3.05, 3.63) is 36.3 Å². The maximum atomic E-state index is 13.4. The summed E-state index contributed by atoms with van der Waals surface area (Å²) in [6.45, 7) is 5.88. The lowest BCUT2D eigenvalue weighted by atomic mass is 10.1. The number of hydrogen-bond acceptors (Lipinski definition) is 8. The van der Waals surface area contributed by atoms with Crippen molar-refractivity contribution in [2.75, 3.05) is 30.9 Å². The SMILES string of the molecule is CN(C)C(=O)c1cc2cnc(Nc3ccc(N4CC5CCC(C4=O)N5C(=O)OC(C)(C)C)cn3)nc2n1C1CCCCCC1. The van der Waals surface area contributed by atoms with Crippen LogP contribution in [0.1, 0.15) is 88.7 Å². The number of pyridine rings is 1. The molecule has 2 saturated heterocycles. The summed E-state index contributed by atoms with van der Waals surface area (Å²) in [5.41, 5.74) is 1.42. The number of carbonyl (C=O) groups is 3. The average Bonchev–Trinajstić information content (AvgIpc) is 3.39. The third-order valence-corrected chi connectivity index (χ3v) is 8.74. The molecule has 2 unspecified atom stereocenters. The summed E-state index contributed by atoms with van der Waals surface area (Å²) in [5.74, 6) is 0.750. The second-order valence-electron chi connectivity index (χ2n) is 13.3. The summed E-state index contributed by atoms with van der Waals surface area (Å²) in [5, 5.41) is 4.03. The van der Waals surface area contributed by atoms with E-state index in [2.05, 4.69) is 19.9 Å². The Morgan fingerprint density at radius 1 is 0.977 bits per heavy atom. The van der Waals surface area contributed by atoms with Crippen molar-refractivity contribution in [1.82, 2.24) is 29.3 Å². The molecule has 1 N–H and O–H groups in total. The van der Waals surface area contributed by atoms with E-state index in [-0.39, 0.29) is 23.9 Å². The van der Waals surface area contributed by atoms with Gasteiger partial charge in [0.25, 0.3) is 5.91 Å². The number of anilines is 3. The molecule has 3 aromatic rings. The predicted octanol–water partition coefficient (Wildman–Crippen LogP) is 5.28. The summed E-state index contributed by atoms with van der Waals surface area (Å²) in [4.78, 5) is 58.3. The minimum Gasteiger partial charge on any atom is -0.444 e. The van der Waals surface area contributed by atoms with Gasteiger partial charge in [-0.3, -0.25) is 14.5 Å². The molecule has 0 spiro atoms. The Kier molecular flexibility index (Phi) is 7.93. The van der Waals surface area contributed by atoms with Gasteiger partial charge in [0.05, 0.1) is 17.9 Å². The Balaban J connectivity index is 1.21. The minimum absolute atomic E-state index is 0.0473. The van der Waals surface area contributed by atoms with Gasteiger partial charge in [0.15, 0.2) is 0 Å². The molecule has 12 nitrogen and oxygen atoms in total. The number of nitrogens with zero attached hydrogens (tertiary/aromatic N) is 7. The molecule has 1 saturated carbocycles. The smallest absolute Gasteiger partial charge is 0.411 e. The molecule has 6 rings (SSSR count). The monoisotopic (exact) mass is 602 g/mol. The number of fused-ring (bicyclic) bond motifs is 3. The van der Waals surface area contributed by atoms with Gasteiger partial charge < -0.3 is 24.4 Å². The molecule has 0 radical (unpaired) electrons. The van der Waals surface area contributed by atoms with Crippen LogP contribution in [0.2, 0.25) is 0 Å². The lowest BCUT2D eigenvalue weighted by Gasteiger charge is -2.40. The summed E-state index contributed by atoms with van der Waals surface area (Å²) in [6, 6.07) is 5.11. The summed E-state index contributed by atoms with van der Waals surface area (Å²) in [7, 11) is 3.54. The molecule has 234 valence electrons. The topological polar surface area (TPSA) is 126 Å². The molecular formula is C32H42N8O4. The van der Waals surface area contributed by atoms with Crippen LogP contribution in [-0.4, -0.2) is 85.6 Å². The lowest BCUT2D eigenvalue weighted by molar-refractivity contribution is -0.125. The molecule has 3 amide bonds. The Morgan fingerprint density at radius 3 is 2.39 bits per heavy atom. The van der Waals surface area contributed by atoms with E-state index >= 15 is 0 Å². The first-order valence-electron chi connectivity index (χ1n) is 15.7. The van der Waals surface area contributed by atoms with Crippen molar-refractivity contribution >= 4 is 46.4 Å². The van der Waals surface area contributed by atoms with Gasteiger partial charge in [0, 0.05) is 38.3 Å².